The molecule has 1 N–H and O–H groups in total. The van der Waals surface area contributed by atoms with Crippen molar-refractivity contribution in [2.75, 3.05) is 13.2 Å². The summed E-state index contributed by atoms with van der Waals surface area (Å²) in [6.07, 6.45) is 3.76. The Morgan fingerprint density at radius 3 is 2.44 bits per heavy atom. The van der Waals surface area contributed by atoms with Crippen molar-refractivity contribution in [3.8, 4) is 5.75 Å². The third kappa shape index (κ3) is 6.65. The van der Waals surface area contributed by atoms with Crippen LogP contribution in [0.25, 0.3) is 0 Å². The fourth-order valence-corrected chi connectivity index (χ4v) is 2.02. The van der Waals surface area contributed by atoms with Crippen molar-refractivity contribution >= 4 is 0 Å². The van der Waals surface area contributed by atoms with Gasteiger partial charge in [-0.05, 0) is 31.0 Å². The molecule has 0 amide bonds. The van der Waals surface area contributed by atoms with Gasteiger partial charge in [-0.3, -0.25) is 0 Å². The first-order valence-corrected chi connectivity index (χ1v) is 7.13. The van der Waals surface area contributed by atoms with Gasteiger partial charge in [0.2, 0.25) is 0 Å². The van der Waals surface area contributed by atoms with Gasteiger partial charge in [-0.25, -0.2) is 0 Å². The lowest BCUT2D eigenvalue weighted by Crippen LogP contribution is -2.34. The third-order valence-corrected chi connectivity index (χ3v) is 3.02. The molecule has 2 nitrogen and oxygen atoms in total. The second-order valence-corrected chi connectivity index (χ2v) is 5.20. The summed E-state index contributed by atoms with van der Waals surface area (Å²) in [4.78, 5) is 0. The zero-order valence-electron chi connectivity index (χ0n) is 12.0. The van der Waals surface area contributed by atoms with E-state index in [9.17, 15) is 0 Å². The summed E-state index contributed by atoms with van der Waals surface area (Å²) >= 11 is 0. The van der Waals surface area contributed by atoms with Crippen molar-refractivity contribution in [1.82, 2.24) is 5.32 Å². The van der Waals surface area contributed by atoms with E-state index in [1.807, 2.05) is 30.3 Å². The van der Waals surface area contributed by atoms with Gasteiger partial charge < -0.3 is 10.1 Å². The Morgan fingerprint density at radius 2 is 1.83 bits per heavy atom. The standard InChI is InChI=1S/C16H27NO/c1-4-17-15(10-8-9-14(2)3)13-18-16-11-6-5-7-12-16/h5-7,11-12,14-15,17H,4,8-10,13H2,1-3H3. The van der Waals surface area contributed by atoms with Gasteiger partial charge in [0.15, 0.2) is 0 Å². The van der Waals surface area contributed by atoms with E-state index in [0.29, 0.717) is 6.04 Å². The van der Waals surface area contributed by atoms with Crippen LogP contribution in [-0.2, 0) is 0 Å². The molecule has 0 spiro atoms. The quantitative estimate of drug-likeness (QED) is 0.717. The molecule has 102 valence electrons. The Morgan fingerprint density at radius 1 is 1.11 bits per heavy atom. The molecule has 0 saturated heterocycles. The average Bonchev–Trinajstić information content (AvgIpc) is 2.37. The molecule has 0 saturated carbocycles. The molecular weight excluding hydrogens is 222 g/mol. The van der Waals surface area contributed by atoms with Gasteiger partial charge in [0.25, 0.3) is 0 Å². The van der Waals surface area contributed by atoms with Gasteiger partial charge in [-0.2, -0.15) is 0 Å². The van der Waals surface area contributed by atoms with E-state index in [4.69, 9.17) is 4.74 Å². The van der Waals surface area contributed by atoms with E-state index in [1.54, 1.807) is 0 Å². The molecule has 2 heteroatoms. The van der Waals surface area contributed by atoms with Gasteiger partial charge in [0.1, 0.15) is 12.4 Å². The number of nitrogens with one attached hydrogen (secondary N) is 1. The number of likely N-dealkylation sites (N-methyl/N-ethyl adjacent to an activating group) is 1. The lowest BCUT2D eigenvalue weighted by atomic mass is 10.0. The second kappa shape index (κ2) is 8.98. The molecule has 18 heavy (non-hydrogen) atoms. The summed E-state index contributed by atoms with van der Waals surface area (Å²) in [5, 5.41) is 3.50. The Balaban J connectivity index is 2.28. The summed E-state index contributed by atoms with van der Waals surface area (Å²) in [7, 11) is 0. The van der Waals surface area contributed by atoms with E-state index >= 15 is 0 Å². The smallest absolute Gasteiger partial charge is 0.119 e. The number of benzene rings is 1. The molecule has 0 radical (unpaired) electrons. The zero-order valence-corrected chi connectivity index (χ0v) is 12.0. The van der Waals surface area contributed by atoms with Crippen molar-refractivity contribution in [3.05, 3.63) is 30.3 Å². The highest BCUT2D eigenvalue weighted by Crippen LogP contribution is 2.12. The largest absolute Gasteiger partial charge is 0.492 e. The summed E-state index contributed by atoms with van der Waals surface area (Å²) in [5.74, 6) is 1.76. The summed E-state index contributed by atoms with van der Waals surface area (Å²) < 4.78 is 5.82. The monoisotopic (exact) mass is 249 g/mol. The highest BCUT2D eigenvalue weighted by atomic mass is 16.5. The van der Waals surface area contributed by atoms with Crippen molar-refractivity contribution in [2.45, 2.75) is 46.1 Å². The minimum absolute atomic E-state index is 0.467. The fraction of sp³-hybridized carbons (Fsp3) is 0.625. The molecule has 1 aromatic carbocycles. The predicted octanol–water partition coefficient (Wildman–Crippen LogP) is 3.87. The average molecular weight is 249 g/mol. The summed E-state index contributed by atoms with van der Waals surface area (Å²) in [6.45, 7) is 8.48. The van der Waals surface area contributed by atoms with Crippen LogP contribution in [0.4, 0.5) is 0 Å². The number of hydrogen-bond acceptors (Lipinski definition) is 2. The zero-order chi connectivity index (χ0) is 13.2. The van der Waals surface area contributed by atoms with Crippen LogP contribution in [-0.4, -0.2) is 19.2 Å². The molecule has 1 aromatic rings. The topological polar surface area (TPSA) is 21.3 Å². The fourth-order valence-electron chi connectivity index (χ4n) is 2.02. The van der Waals surface area contributed by atoms with Crippen LogP contribution in [0.5, 0.6) is 5.75 Å². The lowest BCUT2D eigenvalue weighted by molar-refractivity contribution is 0.254. The molecule has 0 aliphatic rings. The molecule has 1 rings (SSSR count). The van der Waals surface area contributed by atoms with Crippen molar-refractivity contribution in [3.63, 3.8) is 0 Å². The van der Waals surface area contributed by atoms with E-state index in [2.05, 4.69) is 26.1 Å². The molecule has 0 aliphatic heterocycles. The molecule has 0 aliphatic carbocycles. The molecule has 0 heterocycles. The molecule has 1 unspecified atom stereocenters. The van der Waals surface area contributed by atoms with Gasteiger partial charge >= 0.3 is 0 Å². The van der Waals surface area contributed by atoms with E-state index in [0.717, 1.165) is 24.8 Å². The summed E-state index contributed by atoms with van der Waals surface area (Å²) in [6, 6.07) is 10.5. The van der Waals surface area contributed by atoms with Crippen LogP contribution in [0.3, 0.4) is 0 Å². The first kappa shape index (κ1) is 15.0. The molecule has 0 bridgehead atoms. The molecule has 1 atom stereocenters. The highest BCUT2D eigenvalue weighted by molar-refractivity contribution is 5.20. The Kier molecular flexibility index (Phi) is 7.51. The maximum absolute atomic E-state index is 5.82. The Labute approximate surface area is 112 Å². The van der Waals surface area contributed by atoms with Crippen LogP contribution >= 0.6 is 0 Å². The van der Waals surface area contributed by atoms with Gasteiger partial charge in [0, 0.05) is 6.04 Å². The van der Waals surface area contributed by atoms with E-state index in [1.165, 1.54) is 19.3 Å². The number of para-hydroxylation sites is 1. The number of hydrogen-bond donors (Lipinski definition) is 1. The Bertz CT molecular complexity index is 297. The van der Waals surface area contributed by atoms with Gasteiger partial charge in [-0.1, -0.05) is 51.8 Å². The van der Waals surface area contributed by atoms with Crippen LogP contribution < -0.4 is 10.1 Å². The van der Waals surface area contributed by atoms with Crippen molar-refractivity contribution in [2.24, 2.45) is 5.92 Å². The number of ether oxygens (including phenoxy) is 1. The summed E-state index contributed by atoms with van der Waals surface area (Å²) in [5.41, 5.74) is 0. The van der Waals surface area contributed by atoms with Gasteiger partial charge in [0.05, 0.1) is 0 Å². The first-order valence-electron chi connectivity index (χ1n) is 7.13. The maximum atomic E-state index is 5.82. The Hall–Kier alpha value is -1.02. The minimum Gasteiger partial charge on any atom is -0.492 e. The second-order valence-electron chi connectivity index (χ2n) is 5.20. The predicted molar refractivity (Wildman–Crippen MR) is 78.1 cm³/mol. The molecule has 0 fully saturated rings. The highest BCUT2D eigenvalue weighted by Gasteiger charge is 2.08. The first-order chi connectivity index (χ1) is 8.72. The van der Waals surface area contributed by atoms with Crippen LogP contribution in [0.15, 0.2) is 30.3 Å². The van der Waals surface area contributed by atoms with E-state index < -0.39 is 0 Å². The van der Waals surface area contributed by atoms with Gasteiger partial charge in [-0.15, -0.1) is 0 Å². The molecule has 0 aromatic heterocycles. The van der Waals surface area contributed by atoms with Crippen LogP contribution in [0.2, 0.25) is 0 Å². The SMILES string of the molecule is CCNC(CCCC(C)C)COc1ccccc1. The number of rotatable bonds is 9. The van der Waals surface area contributed by atoms with Crippen molar-refractivity contribution in [1.29, 1.82) is 0 Å². The maximum Gasteiger partial charge on any atom is 0.119 e. The van der Waals surface area contributed by atoms with Crippen LogP contribution in [0, 0.1) is 5.92 Å². The normalized spacial score (nSPS) is 12.7. The minimum atomic E-state index is 0.467. The third-order valence-electron chi connectivity index (χ3n) is 3.02. The van der Waals surface area contributed by atoms with Crippen LogP contribution in [0.1, 0.15) is 40.0 Å². The van der Waals surface area contributed by atoms with Crippen molar-refractivity contribution < 1.29 is 4.74 Å². The van der Waals surface area contributed by atoms with E-state index in [-0.39, 0.29) is 0 Å². The lowest BCUT2D eigenvalue weighted by Gasteiger charge is -2.19. The molecular formula is C16H27NO.